The standard InChI is InChI=1S/C23H30N6/c1-17-14-18(2)29(26-17)22-9-13-28(16-22)20-7-11-27(12-8-20)21-5-3-4-19(15-21)23-6-10-24-25-23/h3-6,10,14-15,20,22H,7-9,11-13,16H2,1-2H3,(H,24,25)/t22-/m1/s1. The van der Waals surface area contributed by atoms with E-state index in [9.17, 15) is 0 Å². The topological polar surface area (TPSA) is 53.0 Å². The minimum Gasteiger partial charge on any atom is -0.371 e. The van der Waals surface area contributed by atoms with Crippen LogP contribution in [-0.2, 0) is 0 Å². The third-order valence-electron chi connectivity index (χ3n) is 6.59. The zero-order chi connectivity index (χ0) is 19.8. The van der Waals surface area contributed by atoms with Crippen molar-refractivity contribution in [3.63, 3.8) is 0 Å². The van der Waals surface area contributed by atoms with Gasteiger partial charge in [-0.2, -0.15) is 10.2 Å². The summed E-state index contributed by atoms with van der Waals surface area (Å²) in [4.78, 5) is 5.24. The number of benzene rings is 1. The van der Waals surface area contributed by atoms with E-state index in [1.165, 1.54) is 42.8 Å². The largest absolute Gasteiger partial charge is 0.371 e. The Morgan fingerprint density at radius 2 is 1.79 bits per heavy atom. The van der Waals surface area contributed by atoms with Gasteiger partial charge in [0.05, 0.1) is 17.4 Å². The van der Waals surface area contributed by atoms with E-state index in [0.29, 0.717) is 12.1 Å². The molecule has 4 heterocycles. The summed E-state index contributed by atoms with van der Waals surface area (Å²) in [6.45, 7) is 8.85. The summed E-state index contributed by atoms with van der Waals surface area (Å²) in [5, 5.41) is 11.9. The molecular weight excluding hydrogens is 360 g/mol. The Balaban J connectivity index is 1.20. The molecule has 0 saturated carbocycles. The molecular formula is C23H30N6. The van der Waals surface area contributed by atoms with Crippen LogP contribution in [0.25, 0.3) is 11.3 Å². The molecule has 0 amide bonds. The lowest BCUT2D eigenvalue weighted by Gasteiger charge is -2.38. The van der Waals surface area contributed by atoms with Crippen LogP contribution in [0.3, 0.4) is 0 Å². The highest BCUT2D eigenvalue weighted by Crippen LogP contribution is 2.30. The summed E-state index contributed by atoms with van der Waals surface area (Å²) in [6, 6.07) is 14.3. The fourth-order valence-electron chi connectivity index (χ4n) is 5.09. The molecule has 1 atom stereocenters. The Morgan fingerprint density at radius 3 is 2.52 bits per heavy atom. The van der Waals surface area contributed by atoms with Gasteiger partial charge < -0.3 is 4.90 Å². The molecule has 5 rings (SSSR count). The second-order valence-corrected chi connectivity index (χ2v) is 8.55. The highest BCUT2D eigenvalue weighted by Gasteiger charge is 2.32. The first-order valence-corrected chi connectivity index (χ1v) is 10.8. The lowest BCUT2D eigenvalue weighted by Crippen LogP contribution is -2.44. The predicted molar refractivity (Wildman–Crippen MR) is 116 cm³/mol. The van der Waals surface area contributed by atoms with Crippen molar-refractivity contribution in [3.05, 3.63) is 54.0 Å². The van der Waals surface area contributed by atoms with Gasteiger partial charge in [-0.05, 0) is 57.4 Å². The number of nitrogens with one attached hydrogen (secondary N) is 1. The number of rotatable bonds is 4. The van der Waals surface area contributed by atoms with Crippen molar-refractivity contribution in [1.29, 1.82) is 0 Å². The van der Waals surface area contributed by atoms with Gasteiger partial charge in [-0.1, -0.05) is 12.1 Å². The van der Waals surface area contributed by atoms with Crippen LogP contribution < -0.4 is 4.90 Å². The van der Waals surface area contributed by atoms with E-state index >= 15 is 0 Å². The minimum absolute atomic E-state index is 0.535. The van der Waals surface area contributed by atoms with E-state index in [-0.39, 0.29) is 0 Å². The van der Waals surface area contributed by atoms with Crippen molar-refractivity contribution in [2.45, 2.75) is 45.2 Å². The predicted octanol–water partition coefficient (Wildman–Crippen LogP) is 3.81. The molecule has 2 fully saturated rings. The lowest BCUT2D eigenvalue weighted by atomic mass is 10.0. The molecule has 0 radical (unpaired) electrons. The lowest BCUT2D eigenvalue weighted by molar-refractivity contribution is 0.199. The van der Waals surface area contributed by atoms with Crippen LogP contribution in [0.15, 0.2) is 42.6 Å². The molecule has 1 N–H and O–H groups in total. The quantitative estimate of drug-likeness (QED) is 0.736. The minimum atomic E-state index is 0.535. The molecule has 2 saturated heterocycles. The van der Waals surface area contributed by atoms with Crippen LogP contribution in [0, 0.1) is 13.8 Å². The molecule has 2 aliphatic rings. The van der Waals surface area contributed by atoms with Crippen LogP contribution in [0.1, 0.15) is 36.7 Å². The highest BCUT2D eigenvalue weighted by atomic mass is 15.3. The number of piperidine rings is 1. The molecule has 0 spiro atoms. The van der Waals surface area contributed by atoms with Gasteiger partial charge in [0.25, 0.3) is 0 Å². The summed E-state index contributed by atoms with van der Waals surface area (Å²) < 4.78 is 2.26. The maximum Gasteiger partial charge on any atom is 0.0661 e. The number of aromatic amines is 1. The van der Waals surface area contributed by atoms with E-state index in [1.807, 2.05) is 12.3 Å². The fraction of sp³-hybridized carbons (Fsp3) is 0.478. The Kier molecular flexibility index (Phi) is 4.87. The molecule has 0 unspecified atom stereocenters. The number of hydrogen-bond donors (Lipinski definition) is 1. The Bertz CT molecular complexity index is 952. The molecule has 29 heavy (non-hydrogen) atoms. The van der Waals surface area contributed by atoms with E-state index in [2.05, 4.69) is 68.9 Å². The SMILES string of the molecule is Cc1cc(C)n([C@@H]2CCN(C3CCN(c4cccc(-c5ccn[nH]5)c4)CC3)C2)n1. The fourth-order valence-corrected chi connectivity index (χ4v) is 5.09. The van der Waals surface area contributed by atoms with Gasteiger partial charge in [0.1, 0.15) is 0 Å². The van der Waals surface area contributed by atoms with Gasteiger partial charge in [0, 0.05) is 55.4 Å². The first-order valence-electron chi connectivity index (χ1n) is 10.8. The van der Waals surface area contributed by atoms with Crippen molar-refractivity contribution in [3.8, 4) is 11.3 Å². The highest BCUT2D eigenvalue weighted by molar-refractivity contribution is 5.65. The maximum absolute atomic E-state index is 4.73. The Labute approximate surface area is 172 Å². The van der Waals surface area contributed by atoms with Crippen LogP contribution in [0.2, 0.25) is 0 Å². The summed E-state index contributed by atoms with van der Waals surface area (Å²) in [7, 11) is 0. The average molecular weight is 391 g/mol. The van der Waals surface area contributed by atoms with Crippen molar-refractivity contribution >= 4 is 5.69 Å². The number of aryl methyl sites for hydroxylation is 2. The first kappa shape index (κ1) is 18.4. The van der Waals surface area contributed by atoms with E-state index in [0.717, 1.165) is 31.0 Å². The van der Waals surface area contributed by atoms with Gasteiger partial charge in [0.2, 0.25) is 0 Å². The molecule has 0 aliphatic carbocycles. The molecule has 0 bridgehead atoms. The number of anilines is 1. The Hall–Kier alpha value is -2.60. The summed E-state index contributed by atoms with van der Waals surface area (Å²) in [6.07, 6.45) is 5.49. The van der Waals surface area contributed by atoms with Crippen molar-refractivity contribution in [2.24, 2.45) is 0 Å². The molecule has 6 heteroatoms. The maximum atomic E-state index is 4.73. The van der Waals surface area contributed by atoms with Crippen molar-refractivity contribution in [2.75, 3.05) is 31.1 Å². The van der Waals surface area contributed by atoms with Crippen LogP contribution in [-0.4, -0.2) is 57.1 Å². The number of aromatic nitrogens is 4. The average Bonchev–Trinajstić information content (AvgIpc) is 3.49. The molecule has 6 nitrogen and oxygen atoms in total. The molecule has 2 aliphatic heterocycles. The van der Waals surface area contributed by atoms with Gasteiger partial charge in [0.15, 0.2) is 0 Å². The van der Waals surface area contributed by atoms with Gasteiger partial charge in [-0.25, -0.2) is 0 Å². The molecule has 152 valence electrons. The third-order valence-corrected chi connectivity index (χ3v) is 6.59. The second-order valence-electron chi connectivity index (χ2n) is 8.55. The summed E-state index contributed by atoms with van der Waals surface area (Å²) in [5.74, 6) is 0. The monoisotopic (exact) mass is 390 g/mol. The second kappa shape index (κ2) is 7.67. The summed E-state index contributed by atoms with van der Waals surface area (Å²) >= 11 is 0. The zero-order valence-electron chi connectivity index (χ0n) is 17.4. The number of hydrogen-bond acceptors (Lipinski definition) is 4. The Morgan fingerprint density at radius 1 is 0.966 bits per heavy atom. The number of H-pyrrole nitrogens is 1. The zero-order valence-corrected chi connectivity index (χ0v) is 17.4. The van der Waals surface area contributed by atoms with Gasteiger partial charge in [-0.3, -0.25) is 14.7 Å². The van der Waals surface area contributed by atoms with Crippen LogP contribution in [0.4, 0.5) is 5.69 Å². The van der Waals surface area contributed by atoms with E-state index in [1.54, 1.807) is 0 Å². The van der Waals surface area contributed by atoms with Crippen molar-refractivity contribution in [1.82, 2.24) is 24.9 Å². The first-order chi connectivity index (χ1) is 14.2. The number of likely N-dealkylation sites (tertiary alicyclic amines) is 1. The van der Waals surface area contributed by atoms with Gasteiger partial charge in [-0.15, -0.1) is 0 Å². The van der Waals surface area contributed by atoms with Gasteiger partial charge >= 0.3 is 0 Å². The van der Waals surface area contributed by atoms with Crippen LogP contribution in [0.5, 0.6) is 0 Å². The molecule has 2 aromatic heterocycles. The van der Waals surface area contributed by atoms with Crippen molar-refractivity contribution < 1.29 is 0 Å². The van der Waals surface area contributed by atoms with E-state index in [4.69, 9.17) is 5.10 Å². The molecule has 3 aromatic rings. The van der Waals surface area contributed by atoms with Crippen LogP contribution >= 0.6 is 0 Å². The number of nitrogens with zero attached hydrogens (tertiary/aromatic N) is 5. The molecule has 1 aromatic carbocycles. The summed E-state index contributed by atoms with van der Waals surface area (Å²) in [5.41, 5.74) is 6.02. The normalized spacial score (nSPS) is 21.2. The third kappa shape index (κ3) is 3.69. The van der Waals surface area contributed by atoms with E-state index < -0.39 is 0 Å². The smallest absolute Gasteiger partial charge is 0.0661 e.